The van der Waals surface area contributed by atoms with Gasteiger partial charge in [-0.05, 0) is 99.9 Å². The van der Waals surface area contributed by atoms with E-state index in [1.165, 1.54) is 19.2 Å². The van der Waals surface area contributed by atoms with Crippen molar-refractivity contribution in [2.75, 3.05) is 47.7 Å². The van der Waals surface area contributed by atoms with Gasteiger partial charge in [-0.2, -0.15) is 0 Å². The van der Waals surface area contributed by atoms with E-state index >= 15 is 0 Å². The number of amides is 5. The van der Waals surface area contributed by atoms with Crippen molar-refractivity contribution >= 4 is 52.5 Å². The first-order valence-corrected chi connectivity index (χ1v) is 22.2. The number of benzene rings is 3. The molecular weight excluding hydrogens is 847 g/mol. The second-order valence-corrected chi connectivity index (χ2v) is 16.9. The van der Waals surface area contributed by atoms with Gasteiger partial charge in [0.1, 0.15) is 11.4 Å². The molecule has 5 heterocycles. The molecule has 8 rings (SSSR count). The van der Waals surface area contributed by atoms with Gasteiger partial charge in [-0.3, -0.25) is 19.2 Å². The van der Waals surface area contributed by atoms with Crippen LogP contribution in [0.1, 0.15) is 88.3 Å². The largest absolute Gasteiger partial charge is 0.493 e. The lowest BCUT2D eigenvalue weighted by atomic mass is 10.00. The van der Waals surface area contributed by atoms with Gasteiger partial charge >= 0.3 is 6.09 Å². The van der Waals surface area contributed by atoms with E-state index in [1.54, 1.807) is 45.5 Å². The summed E-state index contributed by atoms with van der Waals surface area (Å²) in [4.78, 5) is 69.3. The average molecular weight is 902 g/mol. The van der Waals surface area contributed by atoms with Gasteiger partial charge in [-0.25, -0.2) is 9.69 Å². The van der Waals surface area contributed by atoms with Crippen LogP contribution >= 0.6 is 0 Å². The topological polar surface area (TPSA) is 195 Å². The van der Waals surface area contributed by atoms with E-state index < -0.39 is 24.7 Å². The third kappa shape index (κ3) is 10.1. The SMILES string of the molecule is COc1cc2c(cc1OCCCC(=O)Nc1cc(C(=O)Nc3ccc(-c4cc(C(=O)Nc5ccc(C)cc5)n(C)c4)cc3)n(C)c1)N(C(=O)O)C(OC1CCCCO1)[C@@H]1CCCCN1C2=O. The van der Waals surface area contributed by atoms with Crippen LogP contribution < -0.4 is 30.3 Å². The van der Waals surface area contributed by atoms with Crippen molar-refractivity contribution in [2.24, 2.45) is 14.1 Å². The van der Waals surface area contributed by atoms with Crippen molar-refractivity contribution in [3.63, 3.8) is 0 Å². The second kappa shape index (κ2) is 20.0. The molecule has 5 aromatic rings. The predicted molar refractivity (Wildman–Crippen MR) is 247 cm³/mol. The highest BCUT2D eigenvalue weighted by molar-refractivity contribution is 6.07. The van der Waals surface area contributed by atoms with Gasteiger partial charge in [0.2, 0.25) is 5.91 Å². The number of fused-ring (bicyclic) bond motifs is 2. The van der Waals surface area contributed by atoms with Crippen LogP contribution in [0.3, 0.4) is 0 Å². The number of carbonyl (C=O) groups excluding carboxylic acids is 4. The first-order chi connectivity index (χ1) is 31.9. The minimum Gasteiger partial charge on any atom is -0.493 e. The molecule has 3 aliphatic heterocycles. The van der Waals surface area contributed by atoms with E-state index in [-0.39, 0.29) is 65.8 Å². The molecule has 346 valence electrons. The van der Waals surface area contributed by atoms with E-state index in [2.05, 4.69) is 16.0 Å². The highest BCUT2D eigenvalue weighted by atomic mass is 16.7. The summed E-state index contributed by atoms with van der Waals surface area (Å²) in [5.41, 5.74) is 5.64. The fraction of sp³-hybridized carbons (Fsp3) is 0.367. The number of rotatable bonds is 14. The number of carbonyl (C=O) groups is 5. The molecule has 66 heavy (non-hydrogen) atoms. The number of hydrogen-bond acceptors (Lipinski definition) is 9. The van der Waals surface area contributed by atoms with Gasteiger partial charge in [0.05, 0.1) is 36.7 Å². The Balaban J connectivity index is 0.863. The van der Waals surface area contributed by atoms with Gasteiger partial charge in [0.25, 0.3) is 17.7 Å². The van der Waals surface area contributed by atoms with E-state index in [0.717, 1.165) is 47.3 Å². The third-order valence-electron chi connectivity index (χ3n) is 12.2. The van der Waals surface area contributed by atoms with Crippen LogP contribution in [-0.4, -0.2) is 94.3 Å². The van der Waals surface area contributed by atoms with Gasteiger partial charge in [-0.15, -0.1) is 0 Å². The molecule has 3 atom stereocenters. The number of ether oxygens (including phenoxy) is 4. The summed E-state index contributed by atoms with van der Waals surface area (Å²) in [6, 6.07) is 20.8. The zero-order valence-electron chi connectivity index (χ0n) is 37.5. The Bertz CT molecular complexity index is 2600. The number of anilines is 4. The van der Waals surface area contributed by atoms with Crippen molar-refractivity contribution < 1.29 is 48.0 Å². The summed E-state index contributed by atoms with van der Waals surface area (Å²) in [5.74, 6) is -0.750. The number of aryl methyl sites for hydroxylation is 3. The van der Waals surface area contributed by atoms with E-state index in [0.29, 0.717) is 54.4 Å². The molecule has 3 aliphatic rings. The Morgan fingerprint density at radius 2 is 1.45 bits per heavy atom. The molecule has 5 amide bonds. The molecule has 17 nitrogen and oxygen atoms in total. The lowest BCUT2D eigenvalue weighted by Crippen LogP contribution is -2.57. The van der Waals surface area contributed by atoms with Crippen molar-refractivity contribution in [2.45, 2.75) is 76.9 Å². The molecule has 0 spiro atoms. The fourth-order valence-electron chi connectivity index (χ4n) is 8.72. The lowest BCUT2D eigenvalue weighted by Gasteiger charge is -2.42. The molecule has 0 aliphatic carbocycles. The van der Waals surface area contributed by atoms with Crippen LogP contribution in [0.2, 0.25) is 0 Å². The number of aromatic nitrogens is 2. The second-order valence-electron chi connectivity index (χ2n) is 16.9. The zero-order chi connectivity index (χ0) is 46.5. The van der Waals surface area contributed by atoms with Crippen molar-refractivity contribution in [3.8, 4) is 22.6 Å². The molecular formula is C49H55N7O10. The summed E-state index contributed by atoms with van der Waals surface area (Å²) < 4.78 is 27.4. The standard InChI is InChI=1S/C49H55N7O10/c1-30-13-17-33(18-14-30)51-45(58)39-24-32(28-53(39)2)31-15-19-34(20-16-31)52-46(59)40-25-35(29-54(40)3)50-43(57)11-9-23-64-42-27-38-36(26-41(42)63-4)47(60)55-21-7-5-10-37(55)48(56(38)49(61)62)66-44-12-6-8-22-65-44/h13-20,24-29,37,44,48H,5-12,21-23H2,1-4H3,(H,50,57)(H,51,58)(H,52,59)(H,61,62)/t37-,44?,48?/m0/s1. The van der Waals surface area contributed by atoms with E-state index in [1.807, 2.05) is 62.6 Å². The normalized spacial score (nSPS) is 18.1. The van der Waals surface area contributed by atoms with Gasteiger partial charge < -0.3 is 54.0 Å². The van der Waals surface area contributed by atoms with Crippen LogP contribution in [0.5, 0.6) is 11.5 Å². The third-order valence-corrected chi connectivity index (χ3v) is 12.2. The zero-order valence-corrected chi connectivity index (χ0v) is 37.5. The number of carboxylic acid groups (broad SMARTS) is 1. The molecule has 17 heteroatoms. The minimum absolute atomic E-state index is 0.0734. The van der Waals surface area contributed by atoms with Crippen LogP contribution in [-0.2, 0) is 28.4 Å². The molecule has 2 fully saturated rings. The highest BCUT2D eigenvalue weighted by Gasteiger charge is 2.46. The van der Waals surface area contributed by atoms with Crippen LogP contribution in [0.15, 0.2) is 85.2 Å². The Hall–Kier alpha value is -7.11. The quantitative estimate of drug-likeness (QED) is 0.0793. The molecule has 0 radical (unpaired) electrons. The number of hydrogen-bond donors (Lipinski definition) is 4. The van der Waals surface area contributed by atoms with Gasteiger partial charge in [0, 0.05) is 69.1 Å². The smallest absolute Gasteiger partial charge is 0.414 e. The number of nitrogens with zero attached hydrogens (tertiary/aromatic N) is 4. The van der Waals surface area contributed by atoms with Crippen LogP contribution in [0.25, 0.3) is 11.1 Å². The maximum Gasteiger partial charge on any atom is 0.414 e. The highest BCUT2D eigenvalue weighted by Crippen LogP contribution is 2.42. The van der Waals surface area contributed by atoms with Crippen LogP contribution in [0, 0.1) is 6.92 Å². The number of nitrogens with one attached hydrogen (secondary N) is 3. The Morgan fingerprint density at radius 3 is 2.14 bits per heavy atom. The first-order valence-electron chi connectivity index (χ1n) is 22.2. The van der Waals surface area contributed by atoms with Crippen molar-refractivity contribution in [1.82, 2.24) is 14.0 Å². The van der Waals surface area contributed by atoms with E-state index in [4.69, 9.17) is 18.9 Å². The summed E-state index contributed by atoms with van der Waals surface area (Å²) in [6.45, 7) is 3.04. The van der Waals surface area contributed by atoms with E-state index in [9.17, 15) is 29.1 Å². The Labute approximate surface area is 382 Å². The first kappa shape index (κ1) is 45.5. The Kier molecular flexibility index (Phi) is 13.7. The molecule has 2 aromatic heterocycles. The fourth-order valence-corrected chi connectivity index (χ4v) is 8.72. The summed E-state index contributed by atoms with van der Waals surface area (Å²) >= 11 is 0. The van der Waals surface area contributed by atoms with Crippen LogP contribution in [0.4, 0.5) is 27.5 Å². The van der Waals surface area contributed by atoms with Gasteiger partial charge in [-0.1, -0.05) is 29.8 Å². The average Bonchev–Trinajstić information content (AvgIpc) is 3.87. The number of methoxy groups -OCH3 is 1. The van der Waals surface area contributed by atoms with Gasteiger partial charge in [0.15, 0.2) is 24.0 Å². The maximum atomic E-state index is 14.1. The van der Waals surface area contributed by atoms with Crippen molar-refractivity contribution in [1.29, 1.82) is 0 Å². The molecule has 0 saturated carbocycles. The summed E-state index contributed by atoms with van der Waals surface area (Å²) in [6.07, 6.45) is 5.61. The Morgan fingerprint density at radius 1 is 0.773 bits per heavy atom. The molecule has 4 N–H and O–H groups in total. The molecule has 3 aromatic carbocycles. The maximum absolute atomic E-state index is 14.1. The minimum atomic E-state index is -1.28. The molecule has 2 unspecified atom stereocenters. The number of piperidine rings is 1. The van der Waals surface area contributed by atoms with Crippen molar-refractivity contribution in [3.05, 3.63) is 108 Å². The summed E-state index contributed by atoms with van der Waals surface area (Å²) in [5, 5.41) is 19.3. The summed E-state index contributed by atoms with van der Waals surface area (Å²) in [7, 11) is 4.96. The molecule has 2 saturated heterocycles. The predicted octanol–water partition coefficient (Wildman–Crippen LogP) is 8.01. The molecule has 0 bridgehead atoms. The monoisotopic (exact) mass is 901 g/mol. The lowest BCUT2D eigenvalue weighted by molar-refractivity contribution is -0.198.